The predicted octanol–water partition coefficient (Wildman–Crippen LogP) is 2.68. The third kappa shape index (κ3) is 3.54. The van der Waals surface area contributed by atoms with Crippen LogP contribution in [0.2, 0.25) is 0 Å². The number of fused-ring (bicyclic) bond motifs is 1. The maximum atomic E-state index is 12.8. The third-order valence-corrected chi connectivity index (χ3v) is 5.62. The number of ether oxygens (including phenoxy) is 1. The Balaban J connectivity index is 1.63. The van der Waals surface area contributed by atoms with Gasteiger partial charge in [0.2, 0.25) is 5.91 Å². The third-order valence-electron chi connectivity index (χ3n) is 5.62. The summed E-state index contributed by atoms with van der Waals surface area (Å²) in [5, 5.41) is 3.51. The number of carbonyl (C=O) groups is 2. The van der Waals surface area contributed by atoms with Crippen molar-refractivity contribution in [1.29, 1.82) is 0 Å². The zero-order chi connectivity index (χ0) is 18.8. The maximum Gasteiger partial charge on any atom is 0.251 e. The number of hydrogen-bond donors (Lipinski definition) is 1. The average molecular weight is 367 g/mol. The van der Waals surface area contributed by atoms with Gasteiger partial charge in [-0.2, -0.15) is 0 Å². The van der Waals surface area contributed by atoms with Gasteiger partial charge in [-0.25, -0.2) is 4.98 Å². The summed E-state index contributed by atoms with van der Waals surface area (Å²) in [5.41, 5.74) is 2.05. The molecule has 6 heteroatoms. The van der Waals surface area contributed by atoms with Crippen LogP contribution in [0, 0.1) is 5.92 Å². The van der Waals surface area contributed by atoms with Gasteiger partial charge in [0.05, 0.1) is 29.9 Å². The van der Waals surface area contributed by atoms with Crippen molar-refractivity contribution in [2.75, 3.05) is 26.7 Å². The van der Waals surface area contributed by atoms with Gasteiger partial charge < -0.3 is 15.0 Å². The first-order valence-electron chi connectivity index (χ1n) is 9.69. The van der Waals surface area contributed by atoms with Crippen LogP contribution in [0.25, 0.3) is 10.9 Å². The fraction of sp³-hybridized carbons (Fsp3) is 0.476. The molecule has 4 rings (SSSR count). The smallest absolute Gasteiger partial charge is 0.251 e. The fourth-order valence-electron chi connectivity index (χ4n) is 4.14. The molecule has 1 saturated carbocycles. The van der Waals surface area contributed by atoms with Crippen molar-refractivity contribution in [2.24, 2.45) is 5.92 Å². The summed E-state index contributed by atoms with van der Waals surface area (Å²) in [6.07, 6.45) is 3.97. The molecule has 2 fully saturated rings. The summed E-state index contributed by atoms with van der Waals surface area (Å²) in [4.78, 5) is 31.8. The van der Waals surface area contributed by atoms with Crippen LogP contribution in [0.4, 0.5) is 0 Å². The van der Waals surface area contributed by atoms with E-state index in [2.05, 4.69) is 5.32 Å². The van der Waals surface area contributed by atoms with Crippen molar-refractivity contribution in [3.8, 4) is 0 Å². The second-order valence-corrected chi connectivity index (χ2v) is 7.32. The number of benzene rings is 1. The van der Waals surface area contributed by atoms with Crippen LogP contribution < -0.4 is 5.32 Å². The van der Waals surface area contributed by atoms with Gasteiger partial charge >= 0.3 is 0 Å². The van der Waals surface area contributed by atoms with Gasteiger partial charge in [0, 0.05) is 24.9 Å². The summed E-state index contributed by atoms with van der Waals surface area (Å²) in [6, 6.07) is 9.40. The topological polar surface area (TPSA) is 71.5 Å². The first-order chi connectivity index (χ1) is 13.2. The quantitative estimate of drug-likeness (QED) is 0.905. The van der Waals surface area contributed by atoms with E-state index in [9.17, 15) is 9.59 Å². The number of carbonyl (C=O) groups excluding carboxylic acids is 2. The van der Waals surface area contributed by atoms with Crippen LogP contribution in [0.5, 0.6) is 0 Å². The molecule has 27 heavy (non-hydrogen) atoms. The molecule has 1 aromatic carbocycles. The van der Waals surface area contributed by atoms with Gasteiger partial charge in [0.15, 0.2) is 0 Å². The molecule has 0 radical (unpaired) electrons. The van der Waals surface area contributed by atoms with E-state index in [-0.39, 0.29) is 23.8 Å². The van der Waals surface area contributed by atoms with Crippen LogP contribution >= 0.6 is 0 Å². The summed E-state index contributed by atoms with van der Waals surface area (Å²) >= 11 is 0. The van der Waals surface area contributed by atoms with Crippen molar-refractivity contribution >= 4 is 22.7 Å². The molecular weight excluding hydrogens is 342 g/mol. The van der Waals surface area contributed by atoms with Gasteiger partial charge in [0.25, 0.3) is 5.91 Å². The Labute approximate surface area is 158 Å². The van der Waals surface area contributed by atoms with E-state index >= 15 is 0 Å². The lowest BCUT2D eigenvalue weighted by molar-refractivity contribution is -0.143. The Morgan fingerprint density at radius 2 is 2.00 bits per heavy atom. The largest absolute Gasteiger partial charge is 0.368 e. The second kappa shape index (κ2) is 7.64. The Kier molecular flexibility index (Phi) is 5.07. The number of morpholine rings is 1. The van der Waals surface area contributed by atoms with Crippen LogP contribution in [0.1, 0.15) is 47.8 Å². The molecule has 0 unspecified atom stereocenters. The minimum absolute atomic E-state index is 0.149. The minimum atomic E-state index is -0.308. The Bertz CT molecular complexity index is 861. The summed E-state index contributed by atoms with van der Waals surface area (Å²) in [7, 11) is 1.62. The van der Waals surface area contributed by atoms with Gasteiger partial charge in [0.1, 0.15) is 6.10 Å². The van der Waals surface area contributed by atoms with Crippen LogP contribution in [-0.2, 0) is 9.53 Å². The molecule has 1 aliphatic heterocycles. The number of nitrogens with one attached hydrogen (secondary N) is 1. The minimum Gasteiger partial charge on any atom is -0.368 e. The van der Waals surface area contributed by atoms with Crippen LogP contribution in [0.15, 0.2) is 30.3 Å². The number of amides is 2. The number of hydrogen-bond acceptors (Lipinski definition) is 4. The first kappa shape index (κ1) is 17.9. The molecular formula is C21H25N3O3. The molecule has 0 bridgehead atoms. The van der Waals surface area contributed by atoms with Gasteiger partial charge in [-0.1, -0.05) is 31.0 Å². The van der Waals surface area contributed by atoms with E-state index in [1.807, 2.05) is 29.2 Å². The summed E-state index contributed by atoms with van der Waals surface area (Å²) < 4.78 is 5.94. The number of nitrogens with zero attached hydrogens (tertiary/aromatic N) is 2. The summed E-state index contributed by atoms with van der Waals surface area (Å²) in [5.74, 6) is 0.257. The Morgan fingerprint density at radius 1 is 1.22 bits per heavy atom. The van der Waals surface area contributed by atoms with Crippen LogP contribution in [0.3, 0.4) is 0 Å². The number of aromatic nitrogens is 1. The lowest BCUT2D eigenvalue weighted by Gasteiger charge is -2.34. The SMILES string of the molecule is CNC(=O)c1cc([C@H]2CN(C(=O)C3CCCC3)CCO2)nc2ccccc12. The predicted molar refractivity (Wildman–Crippen MR) is 102 cm³/mol. The highest BCUT2D eigenvalue weighted by molar-refractivity contribution is 6.06. The first-order valence-corrected chi connectivity index (χ1v) is 9.69. The average Bonchev–Trinajstić information content (AvgIpc) is 3.26. The van der Waals surface area contributed by atoms with E-state index < -0.39 is 0 Å². The molecule has 2 aromatic rings. The number of rotatable bonds is 3. The van der Waals surface area contributed by atoms with Gasteiger partial charge in [-0.3, -0.25) is 9.59 Å². The lowest BCUT2D eigenvalue weighted by atomic mass is 10.0. The van der Waals surface area contributed by atoms with Gasteiger partial charge in [-0.15, -0.1) is 0 Å². The van der Waals surface area contributed by atoms with Crippen molar-refractivity contribution in [3.05, 3.63) is 41.6 Å². The van der Waals surface area contributed by atoms with Crippen LogP contribution in [-0.4, -0.2) is 48.4 Å². The molecule has 2 amide bonds. The second-order valence-electron chi connectivity index (χ2n) is 7.32. The molecule has 1 atom stereocenters. The normalized spacial score (nSPS) is 20.8. The highest BCUT2D eigenvalue weighted by Gasteiger charge is 2.32. The Morgan fingerprint density at radius 3 is 2.78 bits per heavy atom. The van der Waals surface area contributed by atoms with Gasteiger partial charge in [-0.05, 0) is 25.0 Å². The van der Waals surface area contributed by atoms with Crippen molar-refractivity contribution in [3.63, 3.8) is 0 Å². The van der Waals surface area contributed by atoms with E-state index in [0.29, 0.717) is 31.0 Å². The lowest BCUT2D eigenvalue weighted by Crippen LogP contribution is -2.44. The zero-order valence-electron chi connectivity index (χ0n) is 15.6. The Hall–Kier alpha value is -2.47. The molecule has 2 aliphatic rings. The standard InChI is InChI=1S/C21H25N3O3/c1-22-20(25)16-12-18(23-17-9-5-4-8-15(16)17)19-13-24(10-11-27-19)21(26)14-6-2-3-7-14/h4-5,8-9,12,14,19H,2-3,6-7,10-11,13H2,1H3,(H,22,25)/t19-/m1/s1. The van der Waals surface area contributed by atoms with E-state index in [1.165, 1.54) is 0 Å². The molecule has 6 nitrogen and oxygen atoms in total. The number of para-hydroxylation sites is 1. The molecule has 1 saturated heterocycles. The highest BCUT2D eigenvalue weighted by atomic mass is 16.5. The molecule has 1 aromatic heterocycles. The molecule has 2 heterocycles. The highest BCUT2D eigenvalue weighted by Crippen LogP contribution is 2.30. The van der Waals surface area contributed by atoms with E-state index in [1.54, 1.807) is 13.1 Å². The van der Waals surface area contributed by atoms with Crippen molar-refractivity contribution in [1.82, 2.24) is 15.2 Å². The molecule has 1 aliphatic carbocycles. The van der Waals surface area contributed by atoms with Crippen molar-refractivity contribution < 1.29 is 14.3 Å². The molecule has 1 N–H and O–H groups in total. The monoisotopic (exact) mass is 367 g/mol. The molecule has 0 spiro atoms. The zero-order valence-corrected chi connectivity index (χ0v) is 15.6. The number of pyridine rings is 1. The maximum absolute atomic E-state index is 12.8. The van der Waals surface area contributed by atoms with E-state index in [4.69, 9.17) is 9.72 Å². The molecule has 142 valence electrons. The fourth-order valence-corrected chi connectivity index (χ4v) is 4.14. The van der Waals surface area contributed by atoms with E-state index in [0.717, 1.165) is 36.6 Å². The summed E-state index contributed by atoms with van der Waals surface area (Å²) in [6.45, 7) is 1.61. The van der Waals surface area contributed by atoms with Crippen molar-refractivity contribution in [2.45, 2.75) is 31.8 Å².